The highest BCUT2D eigenvalue weighted by molar-refractivity contribution is 6.32. The van der Waals surface area contributed by atoms with Crippen molar-refractivity contribution in [2.24, 2.45) is 0 Å². The van der Waals surface area contributed by atoms with Gasteiger partial charge in [-0.1, -0.05) is 53.0 Å². The first-order valence-corrected chi connectivity index (χ1v) is 9.93. The van der Waals surface area contributed by atoms with Gasteiger partial charge in [-0.25, -0.2) is 0 Å². The van der Waals surface area contributed by atoms with Gasteiger partial charge < -0.3 is 10.1 Å². The van der Waals surface area contributed by atoms with Crippen LogP contribution in [-0.4, -0.2) is 12.5 Å². The third kappa shape index (κ3) is 6.01. The van der Waals surface area contributed by atoms with E-state index in [1.165, 1.54) is 0 Å². The maximum absolute atomic E-state index is 12.0. The zero-order valence-electron chi connectivity index (χ0n) is 15.5. The summed E-state index contributed by atoms with van der Waals surface area (Å²) in [5, 5.41) is 13.7. The first kappa shape index (κ1) is 21.7. The van der Waals surface area contributed by atoms with Gasteiger partial charge in [0.05, 0.1) is 16.7 Å². The molecule has 150 valence electrons. The van der Waals surface area contributed by atoms with Crippen molar-refractivity contribution in [3.05, 3.63) is 92.9 Å². The molecule has 0 atom stereocenters. The summed E-state index contributed by atoms with van der Waals surface area (Å²) < 4.78 is 5.51. The van der Waals surface area contributed by atoms with Gasteiger partial charge in [0.25, 0.3) is 5.91 Å². The summed E-state index contributed by atoms with van der Waals surface area (Å²) in [6, 6.07) is 21.0. The summed E-state index contributed by atoms with van der Waals surface area (Å²) in [7, 11) is 0. The number of amides is 1. The Morgan fingerprint density at radius 1 is 0.967 bits per heavy atom. The Bertz CT molecular complexity index is 1120. The van der Waals surface area contributed by atoms with Gasteiger partial charge in [-0.05, 0) is 65.7 Å². The molecular formula is C23H15Cl3N2O2. The SMILES string of the molecule is N#C/C(=C\c1ccc(OCC(=O)Nc2ccc(Cl)cc2)c(Cl)c1)c1ccc(Cl)cc1. The summed E-state index contributed by atoms with van der Waals surface area (Å²) in [6.45, 7) is -0.203. The zero-order chi connectivity index (χ0) is 21.5. The number of nitriles is 1. The van der Waals surface area contributed by atoms with Crippen LogP contribution in [0.4, 0.5) is 5.69 Å². The maximum Gasteiger partial charge on any atom is 0.262 e. The van der Waals surface area contributed by atoms with Crippen LogP contribution in [0.15, 0.2) is 66.7 Å². The summed E-state index contributed by atoms with van der Waals surface area (Å²) in [4.78, 5) is 12.0. The van der Waals surface area contributed by atoms with E-state index in [9.17, 15) is 10.1 Å². The van der Waals surface area contributed by atoms with Gasteiger partial charge in [-0.15, -0.1) is 0 Å². The normalized spacial score (nSPS) is 10.9. The minimum absolute atomic E-state index is 0.203. The van der Waals surface area contributed by atoms with Crippen LogP contribution >= 0.6 is 34.8 Å². The van der Waals surface area contributed by atoms with E-state index in [0.717, 1.165) is 11.1 Å². The number of hydrogen-bond acceptors (Lipinski definition) is 3. The van der Waals surface area contributed by atoms with Crippen LogP contribution in [0.25, 0.3) is 11.6 Å². The lowest BCUT2D eigenvalue weighted by Crippen LogP contribution is -2.20. The highest BCUT2D eigenvalue weighted by Gasteiger charge is 2.08. The largest absolute Gasteiger partial charge is 0.482 e. The average Bonchev–Trinajstić information content (AvgIpc) is 2.74. The van der Waals surface area contributed by atoms with Crippen LogP contribution in [0.1, 0.15) is 11.1 Å². The van der Waals surface area contributed by atoms with Crippen molar-refractivity contribution in [2.45, 2.75) is 0 Å². The molecule has 3 aromatic carbocycles. The van der Waals surface area contributed by atoms with Gasteiger partial charge in [0.2, 0.25) is 0 Å². The van der Waals surface area contributed by atoms with E-state index < -0.39 is 0 Å². The van der Waals surface area contributed by atoms with E-state index in [1.54, 1.807) is 72.8 Å². The molecule has 0 aliphatic rings. The predicted molar refractivity (Wildman–Crippen MR) is 122 cm³/mol. The fourth-order valence-electron chi connectivity index (χ4n) is 2.57. The lowest BCUT2D eigenvalue weighted by atomic mass is 10.0. The summed E-state index contributed by atoms with van der Waals surface area (Å²) >= 11 is 18.0. The van der Waals surface area contributed by atoms with Crippen molar-refractivity contribution in [3.8, 4) is 11.8 Å². The Labute approximate surface area is 189 Å². The number of ether oxygens (including phenoxy) is 1. The van der Waals surface area contributed by atoms with Crippen LogP contribution in [0.2, 0.25) is 15.1 Å². The summed E-state index contributed by atoms with van der Waals surface area (Å²) in [5.74, 6) is 0.0388. The molecule has 0 saturated heterocycles. The number of rotatable bonds is 6. The van der Waals surface area contributed by atoms with Crippen LogP contribution in [-0.2, 0) is 4.79 Å². The van der Waals surface area contributed by atoms with Gasteiger partial charge in [0.15, 0.2) is 6.61 Å². The number of carbonyl (C=O) groups excluding carboxylic acids is 1. The average molecular weight is 458 g/mol. The molecule has 0 heterocycles. The molecule has 0 fully saturated rings. The van der Waals surface area contributed by atoms with Crippen molar-refractivity contribution < 1.29 is 9.53 Å². The number of anilines is 1. The van der Waals surface area contributed by atoms with Gasteiger partial charge in [0, 0.05) is 15.7 Å². The molecule has 3 rings (SSSR count). The molecule has 3 aromatic rings. The highest BCUT2D eigenvalue weighted by Crippen LogP contribution is 2.28. The number of halogens is 3. The van der Waals surface area contributed by atoms with Crippen molar-refractivity contribution in [3.63, 3.8) is 0 Å². The Balaban J connectivity index is 1.66. The topological polar surface area (TPSA) is 62.1 Å². The lowest BCUT2D eigenvalue weighted by Gasteiger charge is -2.09. The predicted octanol–water partition coefficient (Wildman–Crippen LogP) is 6.73. The number of nitrogens with zero attached hydrogens (tertiary/aromatic N) is 1. The molecule has 0 aliphatic carbocycles. The first-order chi connectivity index (χ1) is 14.4. The number of allylic oxidation sites excluding steroid dienone is 1. The van der Waals surface area contributed by atoms with Gasteiger partial charge in [0.1, 0.15) is 5.75 Å². The Morgan fingerprint density at radius 3 is 2.20 bits per heavy atom. The minimum atomic E-state index is -0.327. The molecule has 1 N–H and O–H groups in total. The number of nitrogens with one attached hydrogen (secondary N) is 1. The smallest absolute Gasteiger partial charge is 0.262 e. The monoisotopic (exact) mass is 456 g/mol. The van der Waals surface area contributed by atoms with E-state index in [0.29, 0.717) is 32.1 Å². The Hall–Kier alpha value is -2.97. The maximum atomic E-state index is 12.0. The molecule has 30 heavy (non-hydrogen) atoms. The lowest BCUT2D eigenvalue weighted by molar-refractivity contribution is -0.118. The van der Waals surface area contributed by atoms with Crippen molar-refractivity contribution in [2.75, 3.05) is 11.9 Å². The summed E-state index contributed by atoms with van der Waals surface area (Å²) in [6.07, 6.45) is 1.71. The van der Waals surface area contributed by atoms with Gasteiger partial charge >= 0.3 is 0 Å². The van der Waals surface area contributed by atoms with Crippen LogP contribution in [0.5, 0.6) is 5.75 Å². The van der Waals surface area contributed by atoms with Crippen LogP contribution in [0, 0.1) is 11.3 Å². The molecule has 0 unspecified atom stereocenters. The number of carbonyl (C=O) groups is 1. The molecule has 7 heteroatoms. The van der Waals surface area contributed by atoms with Gasteiger partial charge in [-0.2, -0.15) is 5.26 Å². The Morgan fingerprint density at radius 2 is 1.60 bits per heavy atom. The molecule has 1 amide bonds. The number of benzene rings is 3. The third-order valence-electron chi connectivity index (χ3n) is 4.03. The van der Waals surface area contributed by atoms with E-state index in [-0.39, 0.29) is 12.5 Å². The second-order valence-corrected chi connectivity index (χ2v) is 7.49. The molecule has 0 aliphatic heterocycles. The molecule has 0 spiro atoms. The van der Waals surface area contributed by atoms with E-state index in [4.69, 9.17) is 39.5 Å². The van der Waals surface area contributed by atoms with E-state index in [1.807, 2.05) is 0 Å². The number of hydrogen-bond donors (Lipinski definition) is 1. The third-order valence-corrected chi connectivity index (χ3v) is 4.83. The second kappa shape index (κ2) is 10.2. The molecule has 0 saturated carbocycles. The van der Waals surface area contributed by atoms with Crippen molar-refractivity contribution >= 4 is 58.0 Å². The fourth-order valence-corrected chi connectivity index (χ4v) is 3.07. The molecule has 0 radical (unpaired) electrons. The minimum Gasteiger partial charge on any atom is -0.482 e. The zero-order valence-corrected chi connectivity index (χ0v) is 17.8. The first-order valence-electron chi connectivity index (χ1n) is 8.80. The highest BCUT2D eigenvalue weighted by atomic mass is 35.5. The molecule has 0 bridgehead atoms. The van der Waals surface area contributed by atoms with Crippen molar-refractivity contribution in [1.82, 2.24) is 0 Å². The standard InChI is InChI=1S/C23H15Cl3N2O2/c24-18-4-2-16(3-5-18)17(13-27)11-15-1-10-22(21(26)12-15)30-14-23(29)28-20-8-6-19(25)7-9-20/h1-12H,14H2,(H,28,29)/b17-11+. The molecule has 4 nitrogen and oxygen atoms in total. The van der Waals surface area contributed by atoms with E-state index in [2.05, 4.69) is 11.4 Å². The fraction of sp³-hybridized carbons (Fsp3) is 0.0435. The molecule has 0 aromatic heterocycles. The second-order valence-electron chi connectivity index (χ2n) is 6.21. The van der Waals surface area contributed by atoms with Gasteiger partial charge in [-0.3, -0.25) is 4.79 Å². The Kier molecular flexibility index (Phi) is 7.37. The van der Waals surface area contributed by atoms with Crippen molar-refractivity contribution in [1.29, 1.82) is 5.26 Å². The van der Waals surface area contributed by atoms with Crippen LogP contribution in [0.3, 0.4) is 0 Å². The molecular weight excluding hydrogens is 443 g/mol. The van der Waals surface area contributed by atoms with E-state index >= 15 is 0 Å². The summed E-state index contributed by atoms with van der Waals surface area (Å²) in [5.41, 5.74) is 2.56. The quantitative estimate of drug-likeness (QED) is 0.330. The van der Waals surface area contributed by atoms with Crippen LogP contribution < -0.4 is 10.1 Å².